The molecule has 0 aliphatic heterocycles. The highest BCUT2D eigenvalue weighted by atomic mass is 16.6. The Bertz CT molecular complexity index is 325. The van der Waals surface area contributed by atoms with Crippen molar-refractivity contribution >= 4 is 6.09 Å². The standard InChI is InChI=1S/C17H34N2O2/c1-16(2,3)19(15(20)21-17(4,5)6)13-12-18-11-10-14-8-7-9-14/h14,18H,7-13H2,1-6H3. The summed E-state index contributed by atoms with van der Waals surface area (Å²) in [4.78, 5) is 14.1. The summed E-state index contributed by atoms with van der Waals surface area (Å²) >= 11 is 0. The molecule has 0 radical (unpaired) electrons. The summed E-state index contributed by atoms with van der Waals surface area (Å²) in [7, 11) is 0. The first-order valence-electron chi connectivity index (χ1n) is 8.31. The number of nitrogens with one attached hydrogen (secondary N) is 1. The summed E-state index contributed by atoms with van der Waals surface area (Å²) in [6.45, 7) is 14.4. The fourth-order valence-electron chi connectivity index (χ4n) is 2.42. The highest BCUT2D eigenvalue weighted by Gasteiger charge is 2.30. The molecule has 4 heteroatoms. The van der Waals surface area contributed by atoms with Crippen molar-refractivity contribution in [2.75, 3.05) is 19.6 Å². The SMILES string of the molecule is CC(C)(C)OC(=O)N(CCNCCC1CCC1)C(C)(C)C. The van der Waals surface area contributed by atoms with Gasteiger partial charge in [-0.25, -0.2) is 4.79 Å². The molecule has 0 aromatic heterocycles. The predicted molar refractivity (Wildman–Crippen MR) is 87.5 cm³/mol. The second kappa shape index (κ2) is 7.48. The van der Waals surface area contributed by atoms with Gasteiger partial charge in [0.2, 0.25) is 0 Å². The molecule has 1 amide bonds. The average Bonchev–Trinajstić information content (AvgIpc) is 2.20. The maximum atomic E-state index is 12.3. The van der Waals surface area contributed by atoms with Crippen LogP contribution in [0.25, 0.3) is 0 Å². The van der Waals surface area contributed by atoms with E-state index in [1.54, 1.807) is 0 Å². The van der Waals surface area contributed by atoms with Gasteiger partial charge in [-0.3, -0.25) is 0 Å². The van der Waals surface area contributed by atoms with Crippen LogP contribution in [0.2, 0.25) is 0 Å². The topological polar surface area (TPSA) is 41.6 Å². The molecule has 1 fully saturated rings. The third kappa shape index (κ3) is 7.16. The van der Waals surface area contributed by atoms with Crippen LogP contribution in [-0.2, 0) is 4.74 Å². The van der Waals surface area contributed by atoms with E-state index in [1.165, 1.54) is 25.7 Å². The Morgan fingerprint density at radius 2 is 1.76 bits per heavy atom. The first-order valence-corrected chi connectivity index (χ1v) is 8.31. The molecule has 4 nitrogen and oxygen atoms in total. The quantitative estimate of drug-likeness (QED) is 0.758. The van der Waals surface area contributed by atoms with Crippen LogP contribution in [-0.4, -0.2) is 41.8 Å². The molecule has 0 saturated heterocycles. The minimum Gasteiger partial charge on any atom is -0.444 e. The van der Waals surface area contributed by atoms with Gasteiger partial charge in [-0.05, 0) is 60.4 Å². The molecule has 1 aliphatic rings. The van der Waals surface area contributed by atoms with Crippen LogP contribution in [0.5, 0.6) is 0 Å². The van der Waals surface area contributed by atoms with E-state index in [1.807, 2.05) is 46.4 Å². The van der Waals surface area contributed by atoms with Crippen molar-refractivity contribution in [3.8, 4) is 0 Å². The predicted octanol–water partition coefficient (Wildman–Crippen LogP) is 3.80. The molecule has 1 N–H and O–H groups in total. The Morgan fingerprint density at radius 1 is 1.14 bits per heavy atom. The van der Waals surface area contributed by atoms with Gasteiger partial charge in [0.1, 0.15) is 5.60 Å². The van der Waals surface area contributed by atoms with E-state index >= 15 is 0 Å². The number of ether oxygens (including phenoxy) is 1. The molecule has 1 saturated carbocycles. The lowest BCUT2D eigenvalue weighted by Gasteiger charge is -2.37. The summed E-state index contributed by atoms with van der Waals surface area (Å²) in [6.07, 6.45) is 5.24. The lowest BCUT2D eigenvalue weighted by Crippen LogP contribution is -2.50. The smallest absolute Gasteiger partial charge is 0.410 e. The van der Waals surface area contributed by atoms with Gasteiger partial charge in [-0.2, -0.15) is 0 Å². The molecule has 0 bridgehead atoms. The molecule has 0 spiro atoms. The van der Waals surface area contributed by atoms with Crippen molar-refractivity contribution in [3.63, 3.8) is 0 Å². The molecular formula is C17H34N2O2. The van der Waals surface area contributed by atoms with Crippen LogP contribution in [0.3, 0.4) is 0 Å². The molecule has 0 heterocycles. The Labute approximate surface area is 130 Å². The molecular weight excluding hydrogens is 264 g/mol. The van der Waals surface area contributed by atoms with Gasteiger partial charge in [0.25, 0.3) is 0 Å². The number of hydrogen-bond acceptors (Lipinski definition) is 3. The number of amides is 1. The number of rotatable bonds is 6. The lowest BCUT2D eigenvalue weighted by atomic mass is 9.83. The van der Waals surface area contributed by atoms with E-state index in [0.29, 0.717) is 6.54 Å². The van der Waals surface area contributed by atoms with Crippen LogP contribution < -0.4 is 5.32 Å². The molecule has 21 heavy (non-hydrogen) atoms. The monoisotopic (exact) mass is 298 g/mol. The molecule has 1 aliphatic carbocycles. The fraction of sp³-hybridized carbons (Fsp3) is 0.941. The van der Waals surface area contributed by atoms with Gasteiger partial charge in [-0.15, -0.1) is 0 Å². The summed E-state index contributed by atoms with van der Waals surface area (Å²) in [5, 5.41) is 3.46. The summed E-state index contributed by atoms with van der Waals surface area (Å²) < 4.78 is 5.51. The zero-order valence-electron chi connectivity index (χ0n) is 14.8. The Kier molecular flexibility index (Phi) is 6.51. The highest BCUT2D eigenvalue weighted by Crippen LogP contribution is 2.28. The van der Waals surface area contributed by atoms with E-state index < -0.39 is 5.60 Å². The third-order valence-electron chi connectivity index (χ3n) is 3.89. The van der Waals surface area contributed by atoms with Crippen molar-refractivity contribution in [3.05, 3.63) is 0 Å². The van der Waals surface area contributed by atoms with Crippen molar-refractivity contribution in [1.82, 2.24) is 10.2 Å². The minimum atomic E-state index is -0.446. The van der Waals surface area contributed by atoms with Crippen molar-refractivity contribution in [2.45, 2.75) is 78.4 Å². The Balaban J connectivity index is 2.34. The largest absolute Gasteiger partial charge is 0.444 e. The van der Waals surface area contributed by atoms with E-state index in [4.69, 9.17) is 4.74 Å². The van der Waals surface area contributed by atoms with Crippen LogP contribution in [0.15, 0.2) is 0 Å². The molecule has 1 rings (SSSR count). The number of hydrogen-bond donors (Lipinski definition) is 1. The van der Waals surface area contributed by atoms with Gasteiger partial charge >= 0.3 is 6.09 Å². The average molecular weight is 298 g/mol. The van der Waals surface area contributed by atoms with Gasteiger partial charge in [-0.1, -0.05) is 19.3 Å². The second-order valence-corrected chi connectivity index (χ2v) is 8.14. The van der Waals surface area contributed by atoms with Crippen LogP contribution in [0.1, 0.15) is 67.2 Å². The second-order valence-electron chi connectivity index (χ2n) is 8.14. The first-order chi connectivity index (χ1) is 9.59. The minimum absolute atomic E-state index is 0.224. The van der Waals surface area contributed by atoms with Crippen LogP contribution in [0.4, 0.5) is 4.79 Å². The van der Waals surface area contributed by atoms with Crippen molar-refractivity contribution < 1.29 is 9.53 Å². The normalized spacial score (nSPS) is 16.5. The van der Waals surface area contributed by atoms with Crippen LogP contribution in [0, 0.1) is 5.92 Å². The van der Waals surface area contributed by atoms with E-state index in [2.05, 4.69) is 5.32 Å². The number of carbonyl (C=O) groups excluding carboxylic acids is 1. The molecule has 0 aromatic rings. The number of carbonyl (C=O) groups is 1. The summed E-state index contributed by atoms with van der Waals surface area (Å²) in [6, 6.07) is 0. The fourth-order valence-corrected chi connectivity index (χ4v) is 2.42. The van der Waals surface area contributed by atoms with Crippen molar-refractivity contribution in [2.24, 2.45) is 5.92 Å². The zero-order chi connectivity index (χ0) is 16.1. The van der Waals surface area contributed by atoms with Gasteiger partial charge < -0.3 is 15.0 Å². The zero-order valence-corrected chi connectivity index (χ0v) is 14.8. The van der Waals surface area contributed by atoms with E-state index in [0.717, 1.165) is 19.0 Å². The Hall–Kier alpha value is -0.770. The number of nitrogens with zero attached hydrogens (tertiary/aromatic N) is 1. The molecule has 0 aromatic carbocycles. The lowest BCUT2D eigenvalue weighted by molar-refractivity contribution is 0.00662. The van der Waals surface area contributed by atoms with Crippen LogP contribution >= 0.6 is 0 Å². The van der Waals surface area contributed by atoms with Gasteiger partial charge in [0, 0.05) is 18.6 Å². The highest BCUT2D eigenvalue weighted by molar-refractivity contribution is 5.69. The van der Waals surface area contributed by atoms with Gasteiger partial charge in [0.15, 0.2) is 0 Å². The first kappa shape index (κ1) is 18.3. The maximum absolute atomic E-state index is 12.3. The summed E-state index contributed by atoms with van der Waals surface area (Å²) in [5.74, 6) is 0.932. The molecule has 124 valence electrons. The van der Waals surface area contributed by atoms with E-state index in [9.17, 15) is 4.79 Å². The van der Waals surface area contributed by atoms with E-state index in [-0.39, 0.29) is 11.6 Å². The Morgan fingerprint density at radius 3 is 2.19 bits per heavy atom. The third-order valence-corrected chi connectivity index (χ3v) is 3.89. The molecule has 0 atom stereocenters. The summed E-state index contributed by atoms with van der Waals surface area (Å²) in [5.41, 5.74) is -0.670. The molecule has 0 unspecified atom stereocenters. The maximum Gasteiger partial charge on any atom is 0.410 e. The van der Waals surface area contributed by atoms with Gasteiger partial charge in [0.05, 0.1) is 0 Å². The van der Waals surface area contributed by atoms with Crippen molar-refractivity contribution in [1.29, 1.82) is 0 Å².